The second-order valence-corrected chi connectivity index (χ2v) is 4.07. The van der Waals surface area contributed by atoms with Crippen LogP contribution in [0, 0.1) is 0 Å². The summed E-state index contributed by atoms with van der Waals surface area (Å²) in [5, 5.41) is 6.48. The highest BCUT2D eigenvalue weighted by molar-refractivity contribution is 6.06. The van der Waals surface area contributed by atoms with Crippen LogP contribution in [0.1, 0.15) is 16.1 Å². The highest BCUT2D eigenvalue weighted by atomic mass is 16.2. The third kappa shape index (κ3) is 1.56. The molecule has 1 aliphatic rings. The van der Waals surface area contributed by atoms with Gasteiger partial charge in [-0.15, -0.1) is 0 Å². The largest absolute Gasteiger partial charge is 0.399 e. The standard InChI is InChI=1S/C12H12N4O/c13-9-2-1-8-4-6-16(11(8)7-9)12(17)10-3-5-14-15-10/h1-3,5,7H,4,6,13H2,(H,14,15). The number of fused-ring (bicyclic) bond motifs is 1. The predicted molar refractivity (Wildman–Crippen MR) is 64.8 cm³/mol. The van der Waals surface area contributed by atoms with Crippen molar-refractivity contribution in [3.63, 3.8) is 0 Å². The van der Waals surface area contributed by atoms with Crippen molar-refractivity contribution in [2.75, 3.05) is 17.2 Å². The Bertz CT molecular complexity index is 562. The Morgan fingerprint density at radius 1 is 1.41 bits per heavy atom. The lowest BCUT2D eigenvalue weighted by molar-refractivity contribution is 0.0984. The zero-order chi connectivity index (χ0) is 11.8. The third-order valence-electron chi connectivity index (χ3n) is 2.98. The number of aromatic amines is 1. The van der Waals surface area contributed by atoms with Crippen molar-refractivity contribution in [3.05, 3.63) is 41.7 Å². The average molecular weight is 228 g/mol. The molecule has 1 aromatic carbocycles. The van der Waals surface area contributed by atoms with Crippen LogP contribution in [0.15, 0.2) is 30.5 Å². The van der Waals surface area contributed by atoms with E-state index in [0.717, 1.165) is 17.7 Å². The highest BCUT2D eigenvalue weighted by Gasteiger charge is 2.26. The predicted octanol–water partition coefficient (Wildman–Crippen LogP) is 1.19. The maximum atomic E-state index is 12.2. The molecule has 0 saturated heterocycles. The van der Waals surface area contributed by atoms with Gasteiger partial charge in [-0.05, 0) is 30.2 Å². The lowest BCUT2D eigenvalue weighted by Crippen LogP contribution is -2.29. The Kier molecular flexibility index (Phi) is 2.11. The number of nitrogens with two attached hydrogens (primary N) is 1. The van der Waals surface area contributed by atoms with Crippen LogP contribution >= 0.6 is 0 Å². The summed E-state index contributed by atoms with van der Waals surface area (Å²) in [5.74, 6) is -0.0631. The number of carbonyl (C=O) groups is 1. The molecule has 1 aromatic heterocycles. The van der Waals surface area contributed by atoms with Crippen LogP contribution in [-0.2, 0) is 6.42 Å². The number of nitrogens with one attached hydrogen (secondary N) is 1. The second kappa shape index (κ2) is 3.62. The van der Waals surface area contributed by atoms with E-state index in [-0.39, 0.29) is 5.91 Å². The monoisotopic (exact) mass is 228 g/mol. The number of anilines is 2. The molecule has 1 amide bonds. The van der Waals surface area contributed by atoms with Gasteiger partial charge in [-0.2, -0.15) is 5.10 Å². The van der Waals surface area contributed by atoms with E-state index >= 15 is 0 Å². The fraction of sp³-hybridized carbons (Fsp3) is 0.167. The van der Waals surface area contributed by atoms with Crippen molar-refractivity contribution in [1.29, 1.82) is 0 Å². The first-order chi connectivity index (χ1) is 8.25. The van der Waals surface area contributed by atoms with Gasteiger partial charge < -0.3 is 10.6 Å². The SMILES string of the molecule is Nc1ccc2c(c1)N(C(=O)c1ccn[nH]1)CC2. The Morgan fingerprint density at radius 3 is 3.06 bits per heavy atom. The van der Waals surface area contributed by atoms with E-state index in [2.05, 4.69) is 10.2 Å². The Morgan fingerprint density at radius 2 is 2.29 bits per heavy atom. The topological polar surface area (TPSA) is 75.0 Å². The summed E-state index contributed by atoms with van der Waals surface area (Å²) in [6.07, 6.45) is 2.44. The van der Waals surface area contributed by atoms with E-state index in [1.807, 2.05) is 18.2 Å². The summed E-state index contributed by atoms with van der Waals surface area (Å²) in [4.78, 5) is 13.9. The van der Waals surface area contributed by atoms with Gasteiger partial charge >= 0.3 is 0 Å². The van der Waals surface area contributed by atoms with Crippen molar-refractivity contribution in [1.82, 2.24) is 10.2 Å². The number of rotatable bonds is 1. The number of H-pyrrole nitrogens is 1. The van der Waals surface area contributed by atoms with Gasteiger partial charge in [-0.3, -0.25) is 9.89 Å². The molecular formula is C12H12N4O. The van der Waals surface area contributed by atoms with Crippen molar-refractivity contribution in [2.24, 2.45) is 0 Å². The normalized spacial score (nSPS) is 13.8. The van der Waals surface area contributed by atoms with Crippen molar-refractivity contribution in [2.45, 2.75) is 6.42 Å². The minimum atomic E-state index is -0.0631. The van der Waals surface area contributed by atoms with Gasteiger partial charge in [0.05, 0.1) is 0 Å². The molecule has 2 heterocycles. The number of aromatic nitrogens is 2. The van der Waals surface area contributed by atoms with Crippen LogP contribution in [0.2, 0.25) is 0 Å². The molecule has 1 aliphatic heterocycles. The van der Waals surface area contributed by atoms with E-state index in [1.165, 1.54) is 0 Å². The van der Waals surface area contributed by atoms with Gasteiger partial charge in [0, 0.05) is 24.1 Å². The molecule has 0 bridgehead atoms. The fourth-order valence-corrected chi connectivity index (χ4v) is 2.13. The summed E-state index contributed by atoms with van der Waals surface area (Å²) in [6, 6.07) is 7.36. The average Bonchev–Trinajstić information content (AvgIpc) is 2.97. The van der Waals surface area contributed by atoms with Crippen molar-refractivity contribution in [3.8, 4) is 0 Å². The molecule has 2 aromatic rings. The Labute approximate surface area is 98.2 Å². The van der Waals surface area contributed by atoms with Crippen LogP contribution in [0.25, 0.3) is 0 Å². The Hall–Kier alpha value is -2.30. The zero-order valence-corrected chi connectivity index (χ0v) is 9.18. The number of carbonyl (C=O) groups excluding carboxylic acids is 1. The molecule has 3 N–H and O–H groups in total. The van der Waals surface area contributed by atoms with Crippen LogP contribution in [0.5, 0.6) is 0 Å². The fourth-order valence-electron chi connectivity index (χ4n) is 2.13. The van der Waals surface area contributed by atoms with E-state index in [0.29, 0.717) is 17.9 Å². The van der Waals surface area contributed by atoms with Crippen LogP contribution < -0.4 is 10.6 Å². The zero-order valence-electron chi connectivity index (χ0n) is 9.18. The summed E-state index contributed by atoms with van der Waals surface area (Å²) in [7, 11) is 0. The molecule has 0 radical (unpaired) electrons. The molecule has 0 unspecified atom stereocenters. The molecule has 0 aliphatic carbocycles. The number of nitrogen functional groups attached to an aromatic ring is 1. The summed E-state index contributed by atoms with van der Waals surface area (Å²) >= 11 is 0. The first-order valence-electron chi connectivity index (χ1n) is 5.45. The van der Waals surface area contributed by atoms with E-state index < -0.39 is 0 Å². The molecular weight excluding hydrogens is 216 g/mol. The van der Waals surface area contributed by atoms with Crippen LogP contribution in [-0.4, -0.2) is 22.6 Å². The molecule has 0 fully saturated rings. The number of nitrogens with zero attached hydrogens (tertiary/aromatic N) is 2. The molecule has 0 atom stereocenters. The van der Waals surface area contributed by atoms with Gasteiger partial charge in [0.1, 0.15) is 5.69 Å². The number of benzene rings is 1. The second-order valence-electron chi connectivity index (χ2n) is 4.07. The molecule has 3 rings (SSSR count). The van der Waals surface area contributed by atoms with E-state index in [4.69, 9.17) is 5.73 Å². The lowest BCUT2D eigenvalue weighted by Gasteiger charge is -2.16. The van der Waals surface area contributed by atoms with E-state index in [1.54, 1.807) is 17.2 Å². The maximum absolute atomic E-state index is 12.2. The smallest absolute Gasteiger partial charge is 0.276 e. The molecule has 86 valence electrons. The highest BCUT2D eigenvalue weighted by Crippen LogP contribution is 2.30. The molecule has 17 heavy (non-hydrogen) atoms. The number of hydrogen-bond acceptors (Lipinski definition) is 3. The lowest BCUT2D eigenvalue weighted by atomic mass is 10.1. The van der Waals surface area contributed by atoms with Gasteiger partial charge in [0.15, 0.2) is 0 Å². The molecule has 0 saturated carbocycles. The van der Waals surface area contributed by atoms with Crippen molar-refractivity contribution >= 4 is 17.3 Å². The van der Waals surface area contributed by atoms with Crippen LogP contribution in [0.4, 0.5) is 11.4 Å². The first kappa shape index (κ1) is 9.89. The van der Waals surface area contributed by atoms with Gasteiger partial charge in [-0.25, -0.2) is 0 Å². The first-order valence-corrected chi connectivity index (χ1v) is 5.45. The molecule has 5 heteroatoms. The summed E-state index contributed by atoms with van der Waals surface area (Å²) in [5.41, 5.74) is 8.99. The summed E-state index contributed by atoms with van der Waals surface area (Å²) in [6.45, 7) is 0.691. The number of hydrogen-bond donors (Lipinski definition) is 2. The van der Waals surface area contributed by atoms with Gasteiger partial charge in [0.25, 0.3) is 5.91 Å². The van der Waals surface area contributed by atoms with Gasteiger partial charge in [-0.1, -0.05) is 6.07 Å². The quantitative estimate of drug-likeness (QED) is 0.720. The molecule has 5 nitrogen and oxygen atoms in total. The van der Waals surface area contributed by atoms with Crippen LogP contribution in [0.3, 0.4) is 0 Å². The maximum Gasteiger partial charge on any atom is 0.276 e. The third-order valence-corrected chi connectivity index (χ3v) is 2.98. The van der Waals surface area contributed by atoms with Gasteiger partial charge in [0.2, 0.25) is 0 Å². The van der Waals surface area contributed by atoms with E-state index in [9.17, 15) is 4.79 Å². The molecule has 0 spiro atoms. The minimum absolute atomic E-state index is 0.0631. The number of amides is 1. The summed E-state index contributed by atoms with van der Waals surface area (Å²) < 4.78 is 0. The minimum Gasteiger partial charge on any atom is -0.399 e. The Balaban J connectivity index is 1.98. The van der Waals surface area contributed by atoms with Crippen molar-refractivity contribution < 1.29 is 4.79 Å².